The molecule has 0 aliphatic heterocycles. The standard InChI is InChI=1S/C19H27NO/c1-4-7-16-17-10-14-8-5-6-9-15(14)11-18(17)21-19(16)12-20-13(2)3/h10-11,13,20H,4-9,12H2,1-3H3. The molecule has 2 nitrogen and oxygen atoms in total. The number of nitrogens with one attached hydrogen (secondary N) is 1. The first-order valence-electron chi connectivity index (χ1n) is 8.48. The predicted molar refractivity (Wildman–Crippen MR) is 88.8 cm³/mol. The van der Waals surface area contributed by atoms with Crippen LogP contribution in [-0.2, 0) is 25.8 Å². The van der Waals surface area contributed by atoms with E-state index >= 15 is 0 Å². The van der Waals surface area contributed by atoms with Crippen LogP contribution in [0.5, 0.6) is 0 Å². The highest BCUT2D eigenvalue weighted by Crippen LogP contribution is 2.32. The number of furan rings is 1. The minimum absolute atomic E-state index is 0.487. The minimum atomic E-state index is 0.487. The van der Waals surface area contributed by atoms with Gasteiger partial charge in [-0.2, -0.15) is 0 Å². The highest BCUT2D eigenvalue weighted by Gasteiger charge is 2.17. The second-order valence-electron chi connectivity index (χ2n) is 6.61. The molecule has 0 saturated heterocycles. The summed E-state index contributed by atoms with van der Waals surface area (Å²) in [4.78, 5) is 0. The fraction of sp³-hybridized carbons (Fsp3) is 0.579. The summed E-state index contributed by atoms with van der Waals surface area (Å²) >= 11 is 0. The van der Waals surface area contributed by atoms with Gasteiger partial charge in [-0.15, -0.1) is 0 Å². The first-order valence-corrected chi connectivity index (χ1v) is 8.48. The zero-order chi connectivity index (χ0) is 14.8. The van der Waals surface area contributed by atoms with Gasteiger partial charge in [0.1, 0.15) is 11.3 Å². The van der Waals surface area contributed by atoms with Gasteiger partial charge in [0, 0.05) is 17.0 Å². The summed E-state index contributed by atoms with van der Waals surface area (Å²) in [7, 11) is 0. The third-order valence-electron chi connectivity index (χ3n) is 4.51. The van der Waals surface area contributed by atoms with Crippen LogP contribution in [0.25, 0.3) is 11.0 Å². The van der Waals surface area contributed by atoms with Crippen molar-refractivity contribution < 1.29 is 4.42 Å². The van der Waals surface area contributed by atoms with Crippen LogP contribution in [0.3, 0.4) is 0 Å². The van der Waals surface area contributed by atoms with Gasteiger partial charge in [-0.1, -0.05) is 27.2 Å². The summed E-state index contributed by atoms with van der Waals surface area (Å²) in [6.45, 7) is 7.45. The fourth-order valence-corrected chi connectivity index (χ4v) is 3.39. The molecule has 0 unspecified atom stereocenters. The van der Waals surface area contributed by atoms with Gasteiger partial charge in [-0.3, -0.25) is 0 Å². The van der Waals surface area contributed by atoms with Crippen LogP contribution in [0.1, 0.15) is 62.5 Å². The Hall–Kier alpha value is -1.28. The van der Waals surface area contributed by atoms with E-state index in [-0.39, 0.29) is 0 Å². The van der Waals surface area contributed by atoms with Gasteiger partial charge in [0.25, 0.3) is 0 Å². The molecule has 0 fully saturated rings. The molecule has 0 amide bonds. The van der Waals surface area contributed by atoms with E-state index in [9.17, 15) is 0 Å². The Balaban J connectivity index is 2.03. The summed E-state index contributed by atoms with van der Waals surface area (Å²) in [5.74, 6) is 1.14. The molecule has 0 radical (unpaired) electrons. The molecule has 0 spiro atoms. The number of fused-ring (bicyclic) bond motifs is 2. The first-order chi connectivity index (χ1) is 10.2. The Kier molecular flexibility index (Phi) is 4.34. The van der Waals surface area contributed by atoms with Crippen molar-refractivity contribution in [3.8, 4) is 0 Å². The molecule has 2 heteroatoms. The van der Waals surface area contributed by atoms with Crippen LogP contribution in [0, 0.1) is 0 Å². The van der Waals surface area contributed by atoms with Crippen molar-refractivity contribution in [3.05, 3.63) is 34.6 Å². The maximum Gasteiger partial charge on any atom is 0.134 e. The minimum Gasteiger partial charge on any atom is -0.459 e. The number of rotatable bonds is 5. The Morgan fingerprint density at radius 3 is 2.52 bits per heavy atom. The Bertz CT molecular complexity index is 624. The SMILES string of the molecule is CCCc1c(CNC(C)C)oc2cc3c(cc12)CCCC3. The lowest BCUT2D eigenvalue weighted by Gasteiger charge is -2.15. The second kappa shape index (κ2) is 6.23. The molecule has 1 aliphatic rings. The highest BCUT2D eigenvalue weighted by molar-refractivity contribution is 5.84. The van der Waals surface area contributed by atoms with Gasteiger partial charge in [-0.05, 0) is 55.4 Å². The summed E-state index contributed by atoms with van der Waals surface area (Å²) in [5, 5.41) is 4.86. The van der Waals surface area contributed by atoms with Crippen molar-refractivity contribution in [2.24, 2.45) is 0 Å². The molecule has 0 atom stereocenters. The van der Waals surface area contributed by atoms with E-state index in [2.05, 4.69) is 38.2 Å². The molecule has 1 aromatic heterocycles. The van der Waals surface area contributed by atoms with E-state index < -0.39 is 0 Å². The number of benzene rings is 1. The summed E-state index contributed by atoms with van der Waals surface area (Å²) in [6, 6.07) is 5.21. The van der Waals surface area contributed by atoms with Crippen LogP contribution < -0.4 is 5.32 Å². The maximum atomic E-state index is 6.21. The molecule has 0 saturated carbocycles. The first kappa shape index (κ1) is 14.6. The van der Waals surface area contributed by atoms with Crippen LogP contribution in [0.4, 0.5) is 0 Å². The number of hydrogen-bond donors (Lipinski definition) is 1. The zero-order valence-electron chi connectivity index (χ0n) is 13.6. The van der Waals surface area contributed by atoms with Crippen LogP contribution in [0.2, 0.25) is 0 Å². The monoisotopic (exact) mass is 285 g/mol. The van der Waals surface area contributed by atoms with Crippen molar-refractivity contribution in [1.82, 2.24) is 5.32 Å². The smallest absolute Gasteiger partial charge is 0.134 e. The van der Waals surface area contributed by atoms with Gasteiger partial charge < -0.3 is 9.73 Å². The largest absolute Gasteiger partial charge is 0.459 e. The van der Waals surface area contributed by atoms with E-state index in [1.807, 2.05) is 0 Å². The summed E-state index contributed by atoms with van der Waals surface area (Å²) < 4.78 is 6.21. The number of hydrogen-bond acceptors (Lipinski definition) is 2. The molecule has 1 aromatic carbocycles. The Labute approximate surface area is 127 Å². The molecule has 1 N–H and O–H groups in total. The third-order valence-corrected chi connectivity index (χ3v) is 4.51. The average molecular weight is 285 g/mol. The van der Waals surface area contributed by atoms with E-state index in [0.29, 0.717) is 6.04 Å². The zero-order valence-corrected chi connectivity index (χ0v) is 13.6. The molecule has 3 rings (SSSR count). The molecule has 1 heterocycles. The molecular weight excluding hydrogens is 258 g/mol. The molecule has 21 heavy (non-hydrogen) atoms. The van der Waals surface area contributed by atoms with Gasteiger partial charge in [0.2, 0.25) is 0 Å². The van der Waals surface area contributed by atoms with Crippen LogP contribution in [0.15, 0.2) is 16.5 Å². The predicted octanol–water partition coefficient (Wildman–Crippen LogP) is 4.76. The normalized spacial score (nSPS) is 14.9. The molecular formula is C19H27NO. The van der Waals surface area contributed by atoms with Gasteiger partial charge in [0.15, 0.2) is 0 Å². The Morgan fingerprint density at radius 2 is 1.86 bits per heavy atom. The topological polar surface area (TPSA) is 25.2 Å². The molecule has 114 valence electrons. The van der Waals surface area contributed by atoms with Crippen molar-refractivity contribution in [2.75, 3.05) is 0 Å². The summed E-state index contributed by atoms with van der Waals surface area (Å²) in [6.07, 6.45) is 7.39. The Morgan fingerprint density at radius 1 is 1.14 bits per heavy atom. The second-order valence-corrected chi connectivity index (χ2v) is 6.61. The third kappa shape index (κ3) is 3.01. The lowest BCUT2D eigenvalue weighted by atomic mass is 9.90. The van der Waals surface area contributed by atoms with Gasteiger partial charge >= 0.3 is 0 Å². The van der Waals surface area contributed by atoms with Crippen LogP contribution in [-0.4, -0.2) is 6.04 Å². The quantitative estimate of drug-likeness (QED) is 0.856. The molecule has 2 aromatic rings. The lowest BCUT2D eigenvalue weighted by molar-refractivity contribution is 0.482. The van der Waals surface area contributed by atoms with Crippen LogP contribution >= 0.6 is 0 Å². The van der Waals surface area contributed by atoms with Gasteiger partial charge in [0.05, 0.1) is 6.54 Å². The van der Waals surface area contributed by atoms with E-state index in [4.69, 9.17) is 4.42 Å². The van der Waals surface area contributed by atoms with E-state index in [1.165, 1.54) is 48.6 Å². The molecule has 1 aliphatic carbocycles. The summed E-state index contributed by atoms with van der Waals surface area (Å²) in [5.41, 5.74) is 5.58. The highest BCUT2D eigenvalue weighted by atomic mass is 16.3. The van der Waals surface area contributed by atoms with Gasteiger partial charge in [-0.25, -0.2) is 0 Å². The number of aryl methyl sites for hydroxylation is 3. The maximum absolute atomic E-state index is 6.21. The lowest BCUT2D eigenvalue weighted by Crippen LogP contribution is -2.22. The van der Waals surface area contributed by atoms with Crippen molar-refractivity contribution in [3.63, 3.8) is 0 Å². The van der Waals surface area contributed by atoms with Crippen molar-refractivity contribution in [2.45, 2.75) is 71.9 Å². The van der Waals surface area contributed by atoms with Crippen molar-refractivity contribution in [1.29, 1.82) is 0 Å². The van der Waals surface area contributed by atoms with Crippen molar-refractivity contribution >= 4 is 11.0 Å². The fourth-order valence-electron chi connectivity index (χ4n) is 3.39. The molecule has 0 bridgehead atoms. The average Bonchev–Trinajstić information content (AvgIpc) is 2.80. The van der Waals surface area contributed by atoms with E-state index in [0.717, 1.165) is 24.3 Å². The van der Waals surface area contributed by atoms with E-state index in [1.54, 1.807) is 5.56 Å².